The molecular weight excluding hydrogens is 344 g/mol. The van der Waals surface area contributed by atoms with Crippen molar-refractivity contribution in [2.45, 2.75) is 52.3 Å². The fraction of sp³-hybridized carbons (Fsp3) is 0.600. The lowest BCUT2D eigenvalue weighted by Gasteiger charge is -2.23. The maximum absolute atomic E-state index is 12.0. The maximum Gasteiger partial charge on any atom is 0.407 e. The number of amides is 1. The second kappa shape index (κ2) is 9.48. The summed E-state index contributed by atoms with van der Waals surface area (Å²) in [6.45, 7) is 10.5. The normalized spacial score (nSPS) is 17.6. The number of likely N-dealkylation sites (tertiary alicyclic amines) is 1. The molecule has 0 saturated carbocycles. The van der Waals surface area contributed by atoms with Crippen LogP contribution in [0.4, 0.5) is 4.79 Å². The lowest BCUT2D eigenvalue weighted by molar-refractivity contribution is 0.0507. The van der Waals surface area contributed by atoms with Gasteiger partial charge in [-0.2, -0.15) is 0 Å². The van der Waals surface area contributed by atoms with Gasteiger partial charge < -0.3 is 25.0 Å². The molecule has 1 aromatic rings. The maximum atomic E-state index is 12.0. The fourth-order valence-corrected chi connectivity index (χ4v) is 2.91. The van der Waals surface area contributed by atoms with E-state index in [2.05, 4.69) is 15.5 Å². The first-order valence-corrected chi connectivity index (χ1v) is 9.46. The van der Waals surface area contributed by atoms with Crippen LogP contribution < -0.4 is 15.4 Å². The zero-order chi connectivity index (χ0) is 19.9. The minimum absolute atomic E-state index is 0.0560. The molecule has 1 atom stereocenters. The molecular formula is C20H32N4O3. The second-order valence-electron chi connectivity index (χ2n) is 7.60. The van der Waals surface area contributed by atoms with Crippen molar-refractivity contribution in [3.8, 4) is 5.75 Å². The summed E-state index contributed by atoms with van der Waals surface area (Å²) in [5.74, 6) is 1.68. The summed E-state index contributed by atoms with van der Waals surface area (Å²) >= 11 is 0. The second-order valence-corrected chi connectivity index (χ2v) is 7.60. The first-order valence-electron chi connectivity index (χ1n) is 9.46. The molecule has 0 spiro atoms. The zero-order valence-corrected chi connectivity index (χ0v) is 17.0. The molecule has 7 heteroatoms. The van der Waals surface area contributed by atoms with Crippen LogP contribution in [0, 0.1) is 0 Å². The molecule has 0 bridgehead atoms. The number of rotatable bonds is 5. The van der Waals surface area contributed by atoms with E-state index in [4.69, 9.17) is 14.5 Å². The van der Waals surface area contributed by atoms with Gasteiger partial charge in [0.05, 0.1) is 19.7 Å². The van der Waals surface area contributed by atoms with Gasteiger partial charge in [0, 0.05) is 19.6 Å². The van der Waals surface area contributed by atoms with Crippen LogP contribution in [0.25, 0.3) is 0 Å². The van der Waals surface area contributed by atoms with Gasteiger partial charge in [-0.25, -0.2) is 9.79 Å². The summed E-state index contributed by atoms with van der Waals surface area (Å²) < 4.78 is 10.6. The van der Waals surface area contributed by atoms with E-state index in [1.165, 1.54) is 0 Å². The van der Waals surface area contributed by atoms with Crippen LogP contribution in [0.1, 0.15) is 39.7 Å². The molecule has 7 nitrogen and oxygen atoms in total. The Balaban J connectivity index is 1.95. The molecule has 2 N–H and O–H groups in total. The number of methoxy groups -OCH3 is 1. The fourth-order valence-electron chi connectivity index (χ4n) is 2.91. The van der Waals surface area contributed by atoms with Crippen molar-refractivity contribution in [1.82, 2.24) is 15.5 Å². The molecule has 0 aliphatic carbocycles. The van der Waals surface area contributed by atoms with Crippen molar-refractivity contribution in [2.75, 3.05) is 26.7 Å². The number of aliphatic imine (C=N–C) groups is 1. The summed E-state index contributed by atoms with van der Waals surface area (Å²) in [5, 5.41) is 6.29. The summed E-state index contributed by atoms with van der Waals surface area (Å²) in [5.41, 5.74) is 0.600. The molecule has 1 amide bonds. The van der Waals surface area contributed by atoms with Crippen molar-refractivity contribution in [1.29, 1.82) is 0 Å². The van der Waals surface area contributed by atoms with Crippen LogP contribution in [0.5, 0.6) is 5.75 Å². The van der Waals surface area contributed by atoms with E-state index in [0.717, 1.165) is 36.8 Å². The number of guanidine groups is 1. The standard InChI is InChI=1S/C20H32N4O3/c1-6-21-18(22-13-15-8-7-9-17(12-15)26-5)24-11-10-16(14-24)23-19(25)27-20(2,3)4/h7-9,12,16H,6,10-11,13-14H2,1-5H3,(H,21,22)(H,23,25). The molecule has 150 valence electrons. The molecule has 2 rings (SSSR count). The van der Waals surface area contributed by atoms with Crippen LogP contribution in [0.15, 0.2) is 29.3 Å². The Morgan fingerprint density at radius 1 is 1.37 bits per heavy atom. The van der Waals surface area contributed by atoms with Gasteiger partial charge >= 0.3 is 6.09 Å². The SMILES string of the molecule is CCNC(=NCc1cccc(OC)c1)N1CCC(NC(=O)OC(C)(C)C)C1. The van der Waals surface area contributed by atoms with Crippen molar-refractivity contribution < 1.29 is 14.3 Å². The van der Waals surface area contributed by atoms with E-state index in [1.807, 2.05) is 52.0 Å². The molecule has 1 saturated heterocycles. The molecule has 1 aliphatic heterocycles. The molecule has 27 heavy (non-hydrogen) atoms. The number of alkyl carbamates (subject to hydrolysis) is 1. The number of hydrogen-bond donors (Lipinski definition) is 2. The average Bonchev–Trinajstić information content (AvgIpc) is 3.05. The monoisotopic (exact) mass is 376 g/mol. The van der Waals surface area contributed by atoms with Gasteiger partial charge in [-0.05, 0) is 51.8 Å². The van der Waals surface area contributed by atoms with Gasteiger partial charge in [0.1, 0.15) is 11.4 Å². The number of carbonyl (C=O) groups excluding carboxylic acids is 1. The van der Waals surface area contributed by atoms with Crippen molar-refractivity contribution in [2.24, 2.45) is 4.99 Å². The topological polar surface area (TPSA) is 75.2 Å². The predicted molar refractivity (Wildman–Crippen MR) is 107 cm³/mol. The van der Waals surface area contributed by atoms with Gasteiger partial charge in [0.15, 0.2) is 5.96 Å². The number of nitrogens with zero attached hydrogens (tertiary/aromatic N) is 2. The van der Waals surface area contributed by atoms with Gasteiger partial charge in [0.2, 0.25) is 0 Å². The summed E-state index contributed by atoms with van der Waals surface area (Å²) in [4.78, 5) is 18.9. The van der Waals surface area contributed by atoms with Gasteiger partial charge in [0.25, 0.3) is 0 Å². The van der Waals surface area contributed by atoms with Crippen molar-refractivity contribution >= 4 is 12.1 Å². The van der Waals surface area contributed by atoms with E-state index < -0.39 is 5.60 Å². The summed E-state index contributed by atoms with van der Waals surface area (Å²) in [6, 6.07) is 7.97. The highest BCUT2D eigenvalue weighted by Gasteiger charge is 2.27. The molecule has 1 aromatic carbocycles. The Morgan fingerprint density at radius 2 is 2.15 bits per heavy atom. The third-order valence-electron chi connectivity index (χ3n) is 4.09. The zero-order valence-electron chi connectivity index (χ0n) is 17.0. The quantitative estimate of drug-likeness (QED) is 0.610. The number of benzene rings is 1. The van der Waals surface area contributed by atoms with Gasteiger partial charge in [-0.3, -0.25) is 0 Å². The molecule has 1 aliphatic rings. The van der Waals surface area contributed by atoms with Gasteiger partial charge in [-0.1, -0.05) is 12.1 Å². The predicted octanol–water partition coefficient (Wildman–Crippen LogP) is 2.76. The molecule has 0 radical (unpaired) electrons. The lowest BCUT2D eigenvalue weighted by atomic mass is 10.2. The Kier molecular flexibility index (Phi) is 7.33. The first kappa shape index (κ1) is 20.9. The van der Waals surface area contributed by atoms with Crippen LogP contribution >= 0.6 is 0 Å². The first-order chi connectivity index (χ1) is 12.8. The highest BCUT2D eigenvalue weighted by molar-refractivity contribution is 5.80. The highest BCUT2D eigenvalue weighted by atomic mass is 16.6. The van der Waals surface area contributed by atoms with Crippen molar-refractivity contribution in [3.05, 3.63) is 29.8 Å². The molecule has 1 fully saturated rings. The van der Waals surface area contributed by atoms with Crippen molar-refractivity contribution in [3.63, 3.8) is 0 Å². The van der Waals surface area contributed by atoms with E-state index in [1.54, 1.807) is 7.11 Å². The number of carbonyl (C=O) groups is 1. The Morgan fingerprint density at radius 3 is 2.81 bits per heavy atom. The number of hydrogen-bond acceptors (Lipinski definition) is 4. The Labute approximate surface area is 162 Å². The third kappa shape index (κ3) is 7.00. The highest BCUT2D eigenvalue weighted by Crippen LogP contribution is 2.15. The smallest absolute Gasteiger partial charge is 0.407 e. The minimum atomic E-state index is -0.491. The summed E-state index contributed by atoms with van der Waals surface area (Å²) in [7, 11) is 1.66. The van der Waals surface area contributed by atoms with E-state index in [-0.39, 0.29) is 12.1 Å². The van der Waals surface area contributed by atoms with Crippen LogP contribution in [-0.4, -0.2) is 55.3 Å². The van der Waals surface area contributed by atoms with Gasteiger partial charge in [-0.15, -0.1) is 0 Å². The van der Waals surface area contributed by atoms with E-state index >= 15 is 0 Å². The average molecular weight is 377 g/mol. The van der Waals surface area contributed by atoms with E-state index in [0.29, 0.717) is 13.1 Å². The summed E-state index contributed by atoms with van der Waals surface area (Å²) in [6.07, 6.45) is 0.496. The lowest BCUT2D eigenvalue weighted by Crippen LogP contribution is -2.44. The minimum Gasteiger partial charge on any atom is -0.497 e. The molecule has 1 unspecified atom stereocenters. The van der Waals surface area contributed by atoms with Crippen LogP contribution in [0.2, 0.25) is 0 Å². The number of nitrogens with one attached hydrogen (secondary N) is 2. The Bertz CT molecular complexity index is 655. The third-order valence-corrected chi connectivity index (χ3v) is 4.09. The van der Waals surface area contributed by atoms with Crippen LogP contribution in [0.3, 0.4) is 0 Å². The van der Waals surface area contributed by atoms with Crippen LogP contribution in [-0.2, 0) is 11.3 Å². The molecule has 0 aromatic heterocycles. The van der Waals surface area contributed by atoms with E-state index in [9.17, 15) is 4.79 Å². The Hall–Kier alpha value is -2.44. The number of ether oxygens (including phenoxy) is 2. The largest absolute Gasteiger partial charge is 0.497 e. The molecule has 1 heterocycles.